The van der Waals surface area contributed by atoms with E-state index < -0.39 is 0 Å². The van der Waals surface area contributed by atoms with Gasteiger partial charge in [0.05, 0.1) is 5.69 Å². The lowest BCUT2D eigenvalue weighted by molar-refractivity contribution is 0.558. The number of benzene rings is 1. The van der Waals surface area contributed by atoms with Crippen molar-refractivity contribution in [3.05, 3.63) is 59.5 Å². The van der Waals surface area contributed by atoms with Crippen molar-refractivity contribution in [1.82, 2.24) is 4.98 Å². The third-order valence-electron chi connectivity index (χ3n) is 3.41. The Bertz CT molecular complexity index is 645. The van der Waals surface area contributed by atoms with Gasteiger partial charge in [-0.05, 0) is 44.4 Å². The number of aromatic nitrogens is 1. The third kappa shape index (κ3) is 3.72. The second kappa shape index (κ2) is 7.07. The van der Waals surface area contributed by atoms with E-state index in [1.807, 2.05) is 0 Å². The van der Waals surface area contributed by atoms with Gasteiger partial charge in [0.25, 0.3) is 0 Å². The van der Waals surface area contributed by atoms with Crippen LogP contribution < -0.4 is 0 Å². The maximum atomic E-state index is 6.01. The molecule has 1 heterocycles. The van der Waals surface area contributed by atoms with Gasteiger partial charge in [0.1, 0.15) is 0 Å². The Labute approximate surface area is 127 Å². The molecule has 0 amide bonds. The molecule has 0 aliphatic rings. The van der Waals surface area contributed by atoms with Crippen LogP contribution in [0, 0.1) is 6.92 Å². The molecular formula is C19H23NO. The molecule has 0 N–H and O–H groups in total. The van der Waals surface area contributed by atoms with Crippen LogP contribution in [0.2, 0.25) is 0 Å². The predicted octanol–water partition coefficient (Wildman–Crippen LogP) is 5.58. The monoisotopic (exact) mass is 281 g/mol. The highest BCUT2D eigenvalue weighted by Crippen LogP contribution is 2.27. The van der Waals surface area contributed by atoms with Crippen molar-refractivity contribution >= 4 is 5.57 Å². The Balaban J connectivity index is 2.37. The summed E-state index contributed by atoms with van der Waals surface area (Å²) in [6.45, 7) is 8.38. The van der Waals surface area contributed by atoms with Crippen LogP contribution in [0.3, 0.4) is 0 Å². The molecule has 2 heteroatoms. The van der Waals surface area contributed by atoms with Crippen LogP contribution >= 0.6 is 0 Å². The summed E-state index contributed by atoms with van der Waals surface area (Å²) < 4.78 is 6.01. The van der Waals surface area contributed by atoms with Gasteiger partial charge in [0.15, 0.2) is 5.76 Å². The summed E-state index contributed by atoms with van der Waals surface area (Å²) >= 11 is 0. The molecule has 0 bridgehead atoms. The Hall–Kier alpha value is -2.09. The fourth-order valence-corrected chi connectivity index (χ4v) is 2.14. The molecule has 1 aromatic heterocycles. The van der Waals surface area contributed by atoms with Gasteiger partial charge in [-0.2, -0.15) is 0 Å². The molecule has 0 fully saturated rings. The van der Waals surface area contributed by atoms with Gasteiger partial charge in [0.2, 0.25) is 5.89 Å². The topological polar surface area (TPSA) is 26.0 Å². The summed E-state index contributed by atoms with van der Waals surface area (Å²) in [6.07, 6.45) is 8.19. The smallest absolute Gasteiger partial charge is 0.226 e. The van der Waals surface area contributed by atoms with E-state index in [1.165, 1.54) is 5.56 Å². The van der Waals surface area contributed by atoms with Crippen LogP contribution in [-0.2, 0) is 6.42 Å². The molecule has 2 rings (SSSR count). The van der Waals surface area contributed by atoms with Gasteiger partial charge in [0, 0.05) is 5.56 Å². The van der Waals surface area contributed by atoms with E-state index in [9.17, 15) is 0 Å². The molecular weight excluding hydrogens is 258 g/mol. The number of oxazole rings is 1. The molecule has 0 atom stereocenters. The molecule has 2 aromatic rings. The fourth-order valence-electron chi connectivity index (χ4n) is 2.14. The van der Waals surface area contributed by atoms with Crippen LogP contribution in [0.15, 0.2) is 46.9 Å². The van der Waals surface area contributed by atoms with E-state index in [0.717, 1.165) is 35.4 Å². The number of rotatable bonds is 5. The van der Waals surface area contributed by atoms with E-state index in [4.69, 9.17) is 4.42 Å². The Morgan fingerprint density at radius 2 is 1.90 bits per heavy atom. The minimum absolute atomic E-state index is 0.703. The maximum absolute atomic E-state index is 6.01. The lowest BCUT2D eigenvalue weighted by Gasteiger charge is -1.98. The number of hydrogen-bond donors (Lipinski definition) is 0. The second-order valence-corrected chi connectivity index (χ2v) is 5.20. The van der Waals surface area contributed by atoms with Crippen LogP contribution in [0.25, 0.3) is 17.0 Å². The van der Waals surface area contributed by atoms with Crippen molar-refractivity contribution in [3.63, 3.8) is 0 Å². The van der Waals surface area contributed by atoms with Crippen molar-refractivity contribution < 1.29 is 4.42 Å². The van der Waals surface area contributed by atoms with Gasteiger partial charge in [-0.3, -0.25) is 0 Å². The maximum Gasteiger partial charge on any atom is 0.226 e. The van der Waals surface area contributed by atoms with Crippen molar-refractivity contribution in [2.75, 3.05) is 0 Å². The molecule has 0 aliphatic heterocycles. The average molecular weight is 281 g/mol. The van der Waals surface area contributed by atoms with Gasteiger partial charge < -0.3 is 4.42 Å². The first-order valence-electron chi connectivity index (χ1n) is 7.56. The highest BCUT2D eigenvalue weighted by Gasteiger charge is 2.14. The van der Waals surface area contributed by atoms with Crippen molar-refractivity contribution in [1.29, 1.82) is 0 Å². The molecule has 2 nitrogen and oxygen atoms in total. The first-order valence-corrected chi connectivity index (χ1v) is 7.56. The summed E-state index contributed by atoms with van der Waals surface area (Å²) in [7, 11) is 0. The zero-order chi connectivity index (χ0) is 15.2. The number of nitrogens with zero attached hydrogens (tertiary/aromatic N) is 1. The van der Waals surface area contributed by atoms with Crippen LogP contribution in [-0.4, -0.2) is 4.98 Å². The molecule has 0 saturated carbocycles. The molecule has 0 radical (unpaired) electrons. The van der Waals surface area contributed by atoms with Gasteiger partial charge in [-0.15, -0.1) is 0 Å². The summed E-state index contributed by atoms with van der Waals surface area (Å²) in [5.74, 6) is 1.60. The number of aryl methyl sites for hydroxylation is 2. The Morgan fingerprint density at radius 1 is 1.19 bits per heavy atom. The standard InChI is InChI=1S/C19H23NO/c1-5-7-8-9-15(4)18-17(6-2)20-19(21-18)16-12-10-14(3)11-13-16/h7-13H,5-6H2,1-4H3/b8-7-,15-9+. The fraction of sp³-hybridized carbons (Fsp3) is 0.316. The average Bonchev–Trinajstić information content (AvgIpc) is 2.92. The summed E-state index contributed by atoms with van der Waals surface area (Å²) in [6, 6.07) is 8.27. The molecule has 0 saturated heterocycles. The van der Waals surface area contributed by atoms with E-state index in [0.29, 0.717) is 5.89 Å². The molecule has 0 aliphatic carbocycles. The molecule has 0 unspecified atom stereocenters. The third-order valence-corrected chi connectivity index (χ3v) is 3.41. The van der Waals surface area contributed by atoms with Crippen molar-refractivity contribution in [2.45, 2.75) is 40.5 Å². The van der Waals surface area contributed by atoms with E-state index in [1.54, 1.807) is 0 Å². The second-order valence-electron chi connectivity index (χ2n) is 5.20. The summed E-state index contributed by atoms with van der Waals surface area (Å²) in [5.41, 5.74) is 4.40. The molecule has 0 spiro atoms. The lowest BCUT2D eigenvalue weighted by Crippen LogP contribution is -1.86. The van der Waals surface area contributed by atoms with Gasteiger partial charge in [-0.1, -0.05) is 49.8 Å². The first-order chi connectivity index (χ1) is 10.2. The Morgan fingerprint density at radius 3 is 2.52 bits per heavy atom. The Kier molecular flexibility index (Phi) is 5.15. The van der Waals surface area contributed by atoms with Crippen molar-refractivity contribution in [3.8, 4) is 11.5 Å². The summed E-state index contributed by atoms with van der Waals surface area (Å²) in [5, 5.41) is 0. The van der Waals surface area contributed by atoms with Gasteiger partial charge >= 0.3 is 0 Å². The molecule has 1 aromatic carbocycles. The van der Waals surface area contributed by atoms with Crippen LogP contribution in [0.5, 0.6) is 0 Å². The highest BCUT2D eigenvalue weighted by molar-refractivity contribution is 5.65. The largest absolute Gasteiger partial charge is 0.436 e. The van der Waals surface area contributed by atoms with Crippen LogP contribution in [0.4, 0.5) is 0 Å². The van der Waals surface area contributed by atoms with Gasteiger partial charge in [-0.25, -0.2) is 4.98 Å². The highest BCUT2D eigenvalue weighted by atomic mass is 16.4. The number of allylic oxidation sites excluding steroid dienone is 4. The molecule has 21 heavy (non-hydrogen) atoms. The zero-order valence-corrected chi connectivity index (χ0v) is 13.3. The SMILES string of the molecule is CC/C=C\C=C(/C)c1oc(-c2ccc(C)cc2)nc1CC. The summed E-state index contributed by atoms with van der Waals surface area (Å²) in [4.78, 5) is 4.65. The lowest BCUT2D eigenvalue weighted by atomic mass is 10.1. The first kappa shape index (κ1) is 15.3. The minimum Gasteiger partial charge on any atom is -0.436 e. The minimum atomic E-state index is 0.703. The normalized spacial score (nSPS) is 12.3. The van der Waals surface area contributed by atoms with E-state index in [-0.39, 0.29) is 0 Å². The van der Waals surface area contributed by atoms with Crippen LogP contribution in [0.1, 0.15) is 44.2 Å². The predicted molar refractivity (Wildman–Crippen MR) is 89.1 cm³/mol. The molecule has 110 valence electrons. The quantitative estimate of drug-likeness (QED) is 0.668. The van der Waals surface area contributed by atoms with Crippen molar-refractivity contribution in [2.24, 2.45) is 0 Å². The zero-order valence-electron chi connectivity index (χ0n) is 13.3. The number of hydrogen-bond acceptors (Lipinski definition) is 2. The van der Waals surface area contributed by atoms with E-state index >= 15 is 0 Å². The van der Waals surface area contributed by atoms with E-state index in [2.05, 4.69) is 75.2 Å².